The van der Waals surface area contributed by atoms with Crippen LogP contribution in [0.25, 0.3) is 0 Å². The molecular weight excluding hydrogens is 176 g/mol. The van der Waals surface area contributed by atoms with E-state index < -0.39 is 0 Å². The Kier molecular flexibility index (Phi) is 4.49. The smallest absolute Gasteiger partial charge is 0.0758 e. The molecule has 1 aromatic carbocycles. The highest BCUT2D eigenvalue weighted by Gasteiger charge is 1.87. The Bertz CT molecular complexity index is 355. The Labute approximate surface area is 83.5 Å². The first-order chi connectivity index (χ1) is 6.86. The minimum atomic E-state index is -0.138. The van der Waals surface area contributed by atoms with Gasteiger partial charge in [0.1, 0.15) is 0 Å². The van der Waals surface area contributed by atoms with Crippen molar-refractivity contribution in [2.24, 2.45) is 0 Å². The van der Waals surface area contributed by atoms with Gasteiger partial charge in [-0.2, -0.15) is 0 Å². The molecule has 0 saturated heterocycles. The van der Waals surface area contributed by atoms with E-state index in [1.165, 1.54) is 6.08 Å². The van der Waals surface area contributed by atoms with Gasteiger partial charge in [-0.3, -0.25) is 0 Å². The minimum absolute atomic E-state index is 0.0979. The first kappa shape index (κ1) is 10.5. The summed E-state index contributed by atoms with van der Waals surface area (Å²) >= 11 is 0. The van der Waals surface area contributed by atoms with Gasteiger partial charge in [0, 0.05) is 11.1 Å². The fraction of sp³-hybridized carbons (Fsp3) is 0.167. The van der Waals surface area contributed by atoms with Crippen molar-refractivity contribution in [3.05, 3.63) is 47.5 Å². The van der Waals surface area contributed by atoms with E-state index in [1.54, 1.807) is 0 Å². The second-order valence-electron chi connectivity index (χ2n) is 2.69. The lowest BCUT2D eigenvalue weighted by atomic mass is 10.2. The third-order valence-electron chi connectivity index (χ3n) is 1.65. The predicted octanol–water partition coefficient (Wildman–Crippen LogP) is 0.949. The summed E-state index contributed by atoms with van der Waals surface area (Å²) in [6.07, 6.45) is 1.50. The van der Waals surface area contributed by atoms with Crippen LogP contribution >= 0.6 is 0 Å². The van der Waals surface area contributed by atoms with Gasteiger partial charge < -0.3 is 10.2 Å². The standard InChI is InChI=1S/C12H12O2/c13-9-8-12(10-14)7-6-11-4-2-1-3-5-11/h1-5,8,13-14H,9-10H2/b12-8+. The zero-order valence-electron chi connectivity index (χ0n) is 7.77. The average molecular weight is 188 g/mol. The van der Waals surface area contributed by atoms with E-state index in [9.17, 15) is 0 Å². The summed E-state index contributed by atoms with van der Waals surface area (Å²) in [7, 11) is 0. The van der Waals surface area contributed by atoms with Crippen molar-refractivity contribution >= 4 is 0 Å². The summed E-state index contributed by atoms with van der Waals surface area (Å²) in [6.45, 7) is -0.236. The molecule has 0 unspecified atom stereocenters. The van der Waals surface area contributed by atoms with E-state index in [1.807, 2.05) is 30.3 Å². The largest absolute Gasteiger partial charge is 0.392 e. The van der Waals surface area contributed by atoms with Crippen LogP contribution in [0, 0.1) is 11.8 Å². The van der Waals surface area contributed by atoms with Crippen LogP contribution in [0.3, 0.4) is 0 Å². The molecule has 0 aromatic heterocycles. The molecule has 0 aliphatic rings. The molecule has 0 fully saturated rings. The zero-order chi connectivity index (χ0) is 10.2. The van der Waals surface area contributed by atoms with Crippen LogP contribution in [0.5, 0.6) is 0 Å². The van der Waals surface area contributed by atoms with Crippen LogP contribution in [0.1, 0.15) is 5.56 Å². The Morgan fingerprint density at radius 2 is 1.93 bits per heavy atom. The highest BCUT2D eigenvalue weighted by atomic mass is 16.3. The summed E-state index contributed by atoms with van der Waals surface area (Å²) in [5.74, 6) is 5.68. The molecule has 1 aromatic rings. The van der Waals surface area contributed by atoms with Crippen LogP contribution in [0.2, 0.25) is 0 Å². The molecule has 0 spiro atoms. The van der Waals surface area contributed by atoms with E-state index >= 15 is 0 Å². The van der Waals surface area contributed by atoms with Gasteiger partial charge >= 0.3 is 0 Å². The lowest BCUT2D eigenvalue weighted by Crippen LogP contribution is -1.89. The van der Waals surface area contributed by atoms with Crippen molar-refractivity contribution in [3.63, 3.8) is 0 Å². The lowest BCUT2D eigenvalue weighted by molar-refractivity contribution is 0.324. The first-order valence-electron chi connectivity index (χ1n) is 4.34. The third-order valence-corrected chi connectivity index (χ3v) is 1.65. The maximum Gasteiger partial charge on any atom is 0.0758 e. The van der Waals surface area contributed by atoms with Crippen molar-refractivity contribution in [1.29, 1.82) is 0 Å². The number of benzene rings is 1. The van der Waals surface area contributed by atoms with Crippen molar-refractivity contribution in [3.8, 4) is 11.8 Å². The van der Waals surface area contributed by atoms with Gasteiger partial charge in [0.05, 0.1) is 13.2 Å². The maximum atomic E-state index is 8.85. The van der Waals surface area contributed by atoms with Crippen molar-refractivity contribution in [2.45, 2.75) is 0 Å². The van der Waals surface area contributed by atoms with Gasteiger partial charge in [0.2, 0.25) is 0 Å². The second kappa shape index (κ2) is 5.98. The maximum absolute atomic E-state index is 8.85. The molecule has 0 amide bonds. The summed E-state index contributed by atoms with van der Waals surface area (Å²) < 4.78 is 0. The van der Waals surface area contributed by atoms with E-state index in [2.05, 4.69) is 11.8 Å². The van der Waals surface area contributed by atoms with Crippen LogP contribution in [0.4, 0.5) is 0 Å². The Morgan fingerprint density at radius 3 is 2.50 bits per heavy atom. The molecule has 0 aliphatic heterocycles. The van der Waals surface area contributed by atoms with Crippen molar-refractivity contribution in [1.82, 2.24) is 0 Å². The van der Waals surface area contributed by atoms with Crippen LogP contribution in [-0.4, -0.2) is 23.4 Å². The summed E-state index contributed by atoms with van der Waals surface area (Å²) in [4.78, 5) is 0. The van der Waals surface area contributed by atoms with E-state index in [4.69, 9.17) is 10.2 Å². The molecule has 0 radical (unpaired) electrons. The third kappa shape index (κ3) is 3.44. The van der Waals surface area contributed by atoms with Gasteiger partial charge in [-0.1, -0.05) is 30.0 Å². The Hall–Kier alpha value is -1.56. The molecule has 1 rings (SSSR count). The molecule has 72 valence electrons. The fourth-order valence-corrected chi connectivity index (χ4v) is 0.939. The number of aliphatic hydroxyl groups is 2. The molecule has 0 saturated carbocycles. The zero-order valence-corrected chi connectivity index (χ0v) is 7.77. The molecule has 0 aliphatic carbocycles. The van der Waals surface area contributed by atoms with Crippen LogP contribution in [-0.2, 0) is 0 Å². The summed E-state index contributed by atoms with van der Waals surface area (Å²) in [5, 5.41) is 17.5. The summed E-state index contributed by atoms with van der Waals surface area (Å²) in [5.41, 5.74) is 1.43. The van der Waals surface area contributed by atoms with Gasteiger partial charge in [0.15, 0.2) is 0 Å². The number of hydrogen-bond acceptors (Lipinski definition) is 2. The molecule has 2 heteroatoms. The van der Waals surface area contributed by atoms with Crippen LogP contribution < -0.4 is 0 Å². The van der Waals surface area contributed by atoms with Gasteiger partial charge in [-0.25, -0.2) is 0 Å². The predicted molar refractivity (Wildman–Crippen MR) is 55.6 cm³/mol. The van der Waals surface area contributed by atoms with Crippen LogP contribution in [0.15, 0.2) is 42.0 Å². The quantitative estimate of drug-likeness (QED) is 0.678. The lowest BCUT2D eigenvalue weighted by Gasteiger charge is -1.91. The first-order valence-corrected chi connectivity index (χ1v) is 4.34. The monoisotopic (exact) mass is 188 g/mol. The molecule has 0 heterocycles. The molecule has 14 heavy (non-hydrogen) atoms. The van der Waals surface area contributed by atoms with Crippen molar-refractivity contribution < 1.29 is 10.2 Å². The number of rotatable bonds is 2. The summed E-state index contributed by atoms with van der Waals surface area (Å²) in [6, 6.07) is 9.50. The van der Waals surface area contributed by atoms with Gasteiger partial charge in [0.25, 0.3) is 0 Å². The normalized spacial score (nSPS) is 10.6. The van der Waals surface area contributed by atoms with Crippen molar-refractivity contribution in [2.75, 3.05) is 13.2 Å². The SMILES string of the molecule is OC/C=C(\C#Cc1ccccc1)CO. The molecule has 0 atom stereocenters. The van der Waals surface area contributed by atoms with E-state index in [0.717, 1.165) is 5.56 Å². The highest BCUT2D eigenvalue weighted by molar-refractivity contribution is 5.40. The van der Waals surface area contributed by atoms with Gasteiger partial charge in [-0.15, -0.1) is 0 Å². The number of hydrogen-bond donors (Lipinski definition) is 2. The van der Waals surface area contributed by atoms with E-state index in [-0.39, 0.29) is 13.2 Å². The van der Waals surface area contributed by atoms with Gasteiger partial charge in [-0.05, 0) is 18.2 Å². The second-order valence-corrected chi connectivity index (χ2v) is 2.69. The molecule has 2 nitrogen and oxygen atoms in total. The highest BCUT2D eigenvalue weighted by Crippen LogP contribution is 1.96. The molecule has 2 N–H and O–H groups in total. The topological polar surface area (TPSA) is 40.5 Å². The number of aliphatic hydroxyl groups excluding tert-OH is 2. The van der Waals surface area contributed by atoms with E-state index in [0.29, 0.717) is 5.57 Å². The fourth-order valence-electron chi connectivity index (χ4n) is 0.939. The average Bonchev–Trinajstić information content (AvgIpc) is 2.25. The minimum Gasteiger partial charge on any atom is -0.392 e. The Balaban J connectivity index is 2.77. The molecule has 0 bridgehead atoms. The molecular formula is C12H12O2. The Morgan fingerprint density at radius 1 is 1.21 bits per heavy atom.